The number of carbonyl (C=O) groups excluding carboxylic acids is 1. The summed E-state index contributed by atoms with van der Waals surface area (Å²) >= 11 is 0. The second kappa shape index (κ2) is 8.08. The lowest BCUT2D eigenvalue weighted by molar-refractivity contribution is -0.121. The molecule has 0 aliphatic heterocycles. The topological polar surface area (TPSA) is 63.6 Å². The van der Waals surface area contributed by atoms with Gasteiger partial charge >= 0.3 is 0 Å². The molecule has 0 spiro atoms. The molecule has 0 bridgehead atoms. The van der Waals surface area contributed by atoms with Crippen LogP contribution >= 0.6 is 0 Å². The largest absolute Gasteiger partial charge is 0.497 e. The van der Waals surface area contributed by atoms with Crippen LogP contribution in [-0.2, 0) is 11.2 Å². The fourth-order valence-electron chi connectivity index (χ4n) is 2.05. The lowest BCUT2D eigenvalue weighted by Crippen LogP contribution is -2.20. The molecule has 0 saturated carbocycles. The summed E-state index contributed by atoms with van der Waals surface area (Å²) in [5, 5.41) is 4.11. The molecule has 0 unspecified atom stereocenters. The molecule has 0 aliphatic rings. The van der Waals surface area contributed by atoms with Crippen molar-refractivity contribution in [2.75, 3.05) is 7.11 Å². The van der Waals surface area contributed by atoms with Crippen molar-refractivity contribution in [2.45, 2.75) is 26.7 Å². The molecule has 0 radical (unpaired) electrons. The highest BCUT2D eigenvalue weighted by molar-refractivity contribution is 5.97. The Balaban J connectivity index is 1.85. The van der Waals surface area contributed by atoms with E-state index >= 15 is 0 Å². The van der Waals surface area contributed by atoms with Gasteiger partial charge in [0.1, 0.15) is 5.75 Å². The maximum absolute atomic E-state index is 11.9. The summed E-state index contributed by atoms with van der Waals surface area (Å²) in [6, 6.07) is 13.4. The van der Waals surface area contributed by atoms with E-state index in [4.69, 9.17) is 4.74 Å². The number of rotatable bonds is 6. The van der Waals surface area contributed by atoms with Gasteiger partial charge in [0, 0.05) is 12.1 Å². The van der Waals surface area contributed by atoms with Crippen molar-refractivity contribution in [1.82, 2.24) is 10.4 Å². The molecule has 1 aromatic heterocycles. The number of hydrogen-bond donors (Lipinski definition) is 1. The Hall–Kier alpha value is -2.69. The molecule has 2 aromatic rings. The first-order chi connectivity index (χ1) is 11.1. The van der Waals surface area contributed by atoms with Gasteiger partial charge in [-0.1, -0.05) is 18.2 Å². The van der Waals surface area contributed by atoms with E-state index in [1.807, 2.05) is 56.3 Å². The molecule has 120 valence electrons. The predicted octanol–water partition coefficient (Wildman–Crippen LogP) is 2.87. The number of ether oxygens (including phenoxy) is 1. The van der Waals surface area contributed by atoms with Crippen LogP contribution in [0.3, 0.4) is 0 Å². The summed E-state index contributed by atoms with van der Waals surface area (Å²) in [4.78, 5) is 16.2. The Morgan fingerprint density at radius 3 is 2.61 bits per heavy atom. The molecule has 0 fully saturated rings. The van der Waals surface area contributed by atoms with Gasteiger partial charge in [0.2, 0.25) is 5.91 Å². The zero-order valence-electron chi connectivity index (χ0n) is 13.7. The third-order valence-corrected chi connectivity index (χ3v) is 3.41. The van der Waals surface area contributed by atoms with Gasteiger partial charge in [-0.3, -0.25) is 9.78 Å². The van der Waals surface area contributed by atoms with E-state index < -0.39 is 0 Å². The van der Waals surface area contributed by atoms with Crippen LogP contribution in [-0.4, -0.2) is 23.7 Å². The van der Waals surface area contributed by atoms with Gasteiger partial charge in [0.15, 0.2) is 0 Å². The zero-order valence-corrected chi connectivity index (χ0v) is 13.7. The molecule has 2 rings (SSSR count). The molecule has 23 heavy (non-hydrogen) atoms. The van der Waals surface area contributed by atoms with E-state index in [2.05, 4.69) is 15.5 Å². The number of aryl methyl sites for hydroxylation is 2. The first kappa shape index (κ1) is 16.7. The normalized spacial score (nSPS) is 11.2. The first-order valence-corrected chi connectivity index (χ1v) is 7.48. The Bertz CT molecular complexity index is 694. The van der Waals surface area contributed by atoms with Gasteiger partial charge in [-0.25, -0.2) is 5.43 Å². The van der Waals surface area contributed by atoms with Crippen molar-refractivity contribution in [1.29, 1.82) is 0 Å². The van der Waals surface area contributed by atoms with Gasteiger partial charge in [0.05, 0.1) is 18.5 Å². The summed E-state index contributed by atoms with van der Waals surface area (Å²) in [7, 11) is 1.63. The first-order valence-electron chi connectivity index (χ1n) is 7.48. The Kier molecular flexibility index (Phi) is 5.86. The zero-order chi connectivity index (χ0) is 16.7. The average Bonchev–Trinajstić information content (AvgIpc) is 2.58. The molecule has 1 heterocycles. The maximum atomic E-state index is 11.9. The Morgan fingerprint density at radius 1 is 1.22 bits per heavy atom. The maximum Gasteiger partial charge on any atom is 0.240 e. The molecule has 1 N–H and O–H groups in total. The minimum atomic E-state index is -0.118. The molecular weight excluding hydrogens is 290 g/mol. The number of aromatic nitrogens is 1. The van der Waals surface area contributed by atoms with Crippen molar-refractivity contribution < 1.29 is 9.53 Å². The Labute approximate surface area is 136 Å². The number of nitrogens with one attached hydrogen (secondary N) is 1. The van der Waals surface area contributed by atoms with Crippen LogP contribution < -0.4 is 10.2 Å². The smallest absolute Gasteiger partial charge is 0.240 e. The molecule has 1 amide bonds. The minimum absolute atomic E-state index is 0.118. The monoisotopic (exact) mass is 311 g/mol. The van der Waals surface area contributed by atoms with Gasteiger partial charge in [0.25, 0.3) is 0 Å². The van der Waals surface area contributed by atoms with Gasteiger partial charge in [-0.05, 0) is 50.1 Å². The standard InChI is InChI=1S/C18H21N3O2/c1-13-5-4-6-17(19-13)14(2)20-21-18(22)12-9-15-7-10-16(23-3)11-8-15/h4-8,10-11H,9,12H2,1-3H3,(H,21,22)/b20-14+. The number of amides is 1. The van der Waals surface area contributed by atoms with Crippen LogP contribution in [0.1, 0.15) is 30.3 Å². The highest BCUT2D eigenvalue weighted by atomic mass is 16.5. The van der Waals surface area contributed by atoms with Crippen LogP contribution in [0, 0.1) is 6.92 Å². The second-order valence-electron chi connectivity index (χ2n) is 5.24. The number of methoxy groups -OCH3 is 1. The van der Waals surface area contributed by atoms with E-state index in [9.17, 15) is 4.79 Å². The number of hydrogen-bond acceptors (Lipinski definition) is 4. The molecular formula is C18H21N3O2. The van der Waals surface area contributed by atoms with E-state index in [1.54, 1.807) is 7.11 Å². The number of carbonyl (C=O) groups is 1. The SMILES string of the molecule is COc1ccc(CCC(=O)N/N=C(\C)c2cccc(C)n2)cc1. The van der Waals surface area contributed by atoms with Crippen LogP contribution in [0.5, 0.6) is 5.75 Å². The summed E-state index contributed by atoms with van der Waals surface area (Å²) in [6.07, 6.45) is 1.04. The van der Waals surface area contributed by atoms with Crippen LogP contribution in [0.2, 0.25) is 0 Å². The van der Waals surface area contributed by atoms with Gasteiger partial charge < -0.3 is 4.74 Å². The lowest BCUT2D eigenvalue weighted by atomic mass is 10.1. The quantitative estimate of drug-likeness (QED) is 0.659. The summed E-state index contributed by atoms with van der Waals surface area (Å²) in [5.74, 6) is 0.692. The molecule has 5 nitrogen and oxygen atoms in total. The number of benzene rings is 1. The fourth-order valence-corrected chi connectivity index (χ4v) is 2.05. The number of nitrogens with zero attached hydrogens (tertiary/aromatic N) is 2. The highest BCUT2D eigenvalue weighted by Gasteiger charge is 2.04. The lowest BCUT2D eigenvalue weighted by Gasteiger charge is -2.04. The highest BCUT2D eigenvalue weighted by Crippen LogP contribution is 2.12. The van der Waals surface area contributed by atoms with Crippen molar-refractivity contribution in [3.63, 3.8) is 0 Å². The van der Waals surface area contributed by atoms with E-state index in [0.29, 0.717) is 18.6 Å². The molecule has 0 saturated heterocycles. The third kappa shape index (κ3) is 5.21. The van der Waals surface area contributed by atoms with Crippen molar-refractivity contribution >= 4 is 11.6 Å². The van der Waals surface area contributed by atoms with Crippen LogP contribution in [0.25, 0.3) is 0 Å². The third-order valence-electron chi connectivity index (χ3n) is 3.41. The second-order valence-corrected chi connectivity index (χ2v) is 5.24. The van der Waals surface area contributed by atoms with E-state index in [0.717, 1.165) is 22.7 Å². The fraction of sp³-hybridized carbons (Fsp3) is 0.278. The average molecular weight is 311 g/mol. The van der Waals surface area contributed by atoms with Crippen molar-refractivity contribution in [3.8, 4) is 5.75 Å². The summed E-state index contributed by atoms with van der Waals surface area (Å²) < 4.78 is 5.11. The Morgan fingerprint density at radius 2 is 1.96 bits per heavy atom. The molecule has 0 aliphatic carbocycles. The number of pyridine rings is 1. The summed E-state index contributed by atoms with van der Waals surface area (Å²) in [6.45, 7) is 3.75. The predicted molar refractivity (Wildman–Crippen MR) is 90.6 cm³/mol. The van der Waals surface area contributed by atoms with Gasteiger partial charge in [-0.15, -0.1) is 0 Å². The van der Waals surface area contributed by atoms with E-state index in [1.165, 1.54) is 0 Å². The van der Waals surface area contributed by atoms with Crippen LogP contribution in [0.4, 0.5) is 0 Å². The van der Waals surface area contributed by atoms with Crippen molar-refractivity contribution in [2.24, 2.45) is 5.10 Å². The number of hydrazone groups is 1. The molecule has 5 heteroatoms. The van der Waals surface area contributed by atoms with Crippen LogP contribution in [0.15, 0.2) is 47.6 Å². The van der Waals surface area contributed by atoms with Crippen molar-refractivity contribution in [3.05, 3.63) is 59.4 Å². The minimum Gasteiger partial charge on any atom is -0.497 e. The van der Waals surface area contributed by atoms with E-state index in [-0.39, 0.29) is 5.91 Å². The summed E-state index contributed by atoms with van der Waals surface area (Å²) in [5.41, 5.74) is 6.03. The molecule has 1 aromatic carbocycles. The molecule has 0 atom stereocenters. The van der Waals surface area contributed by atoms with Gasteiger partial charge in [-0.2, -0.15) is 5.10 Å².